The van der Waals surface area contributed by atoms with E-state index in [-0.39, 0.29) is 5.56 Å². The fourth-order valence-corrected chi connectivity index (χ4v) is 1.91. The molecule has 1 saturated heterocycles. The topological polar surface area (TPSA) is 62.7 Å². The molecule has 1 aliphatic rings. The van der Waals surface area contributed by atoms with Crippen molar-refractivity contribution < 1.29 is 14.6 Å². The van der Waals surface area contributed by atoms with Crippen molar-refractivity contribution in [1.82, 2.24) is 4.98 Å². The molecule has 1 N–H and O–H groups in total. The smallest absolute Gasteiger partial charge is 0.335 e. The molecule has 0 atom stereocenters. The van der Waals surface area contributed by atoms with Crippen LogP contribution in [0.5, 0.6) is 0 Å². The normalized spacial score (nSPS) is 16.6. The molecule has 2 heterocycles. The van der Waals surface area contributed by atoms with Crippen LogP contribution in [-0.2, 0) is 4.74 Å². The Kier molecular flexibility index (Phi) is 3.58. The quantitative estimate of drug-likeness (QED) is 0.839. The van der Waals surface area contributed by atoms with E-state index >= 15 is 0 Å². The number of aromatic carboxylic acids is 1. The van der Waals surface area contributed by atoms with Gasteiger partial charge in [0.1, 0.15) is 5.82 Å². The van der Waals surface area contributed by atoms with Gasteiger partial charge in [0.05, 0.1) is 12.2 Å². The molecule has 1 aliphatic heterocycles. The fourth-order valence-electron chi connectivity index (χ4n) is 1.91. The average Bonchev–Trinajstić information content (AvgIpc) is 2.56. The molecule has 0 bridgehead atoms. The number of rotatable bonds is 2. The maximum atomic E-state index is 11.0. The summed E-state index contributed by atoms with van der Waals surface area (Å²) in [5, 5.41) is 9.02. The first-order chi connectivity index (χ1) is 8.16. The highest BCUT2D eigenvalue weighted by Gasteiger charge is 2.14. The van der Waals surface area contributed by atoms with Gasteiger partial charge in [-0.3, -0.25) is 0 Å². The van der Waals surface area contributed by atoms with Gasteiger partial charge in [-0.15, -0.1) is 0 Å². The van der Waals surface area contributed by atoms with E-state index in [0.29, 0.717) is 6.61 Å². The van der Waals surface area contributed by atoms with Crippen LogP contribution in [0.3, 0.4) is 0 Å². The minimum Gasteiger partial charge on any atom is -0.478 e. The molecule has 1 aromatic rings. The first-order valence-corrected chi connectivity index (χ1v) is 5.71. The Balaban J connectivity index is 2.27. The first-order valence-electron chi connectivity index (χ1n) is 5.71. The van der Waals surface area contributed by atoms with Gasteiger partial charge < -0.3 is 14.7 Å². The van der Waals surface area contributed by atoms with Gasteiger partial charge in [0.2, 0.25) is 0 Å². The minimum atomic E-state index is -0.914. The Morgan fingerprint density at radius 2 is 2.24 bits per heavy atom. The van der Waals surface area contributed by atoms with Crippen LogP contribution in [0.4, 0.5) is 5.82 Å². The third-order valence-corrected chi connectivity index (χ3v) is 2.73. The van der Waals surface area contributed by atoms with Crippen LogP contribution >= 0.6 is 0 Å². The average molecular weight is 236 g/mol. The zero-order valence-electron chi connectivity index (χ0n) is 9.85. The number of hydrogen-bond acceptors (Lipinski definition) is 4. The Morgan fingerprint density at radius 1 is 1.41 bits per heavy atom. The van der Waals surface area contributed by atoms with E-state index in [4.69, 9.17) is 9.84 Å². The summed E-state index contributed by atoms with van der Waals surface area (Å²) < 4.78 is 5.37. The molecule has 1 fully saturated rings. The number of aryl methyl sites for hydroxylation is 1. The number of ether oxygens (including phenoxy) is 1. The van der Waals surface area contributed by atoms with E-state index < -0.39 is 5.97 Å². The van der Waals surface area contributed by atoms with Crippen LogP contribution in [0.1, 0.15) is 22.5 Å². The van der Waals surface area contributed by atoms with Gasteiger partial charge >= 0.3 is 5.97 Å². The lowest BCUT2D eigenvalue weighted by molar-refractivity contribution is 0.0696. The van der Waals surface area contributed by atoms with Gasteiger partial charge in [-0.05, 0) is 25.5 Å². The Labute approximate surface area is 100 Å². The number of aromatic nitrogens is 1. The summed E-state index contributed by atoms with van der Waals surface area (Å²) in [7, 11) is 0. The van der Waals surface area contributed by atoms with E-state index in [1.165, 1.54) is 0 Å². The SMILES string of the molecule is Cc1cc(C(=O)O)cc(N2CCCOCC2)n1. The van der Waals surface area contributed by atoms with Gasteiger partial charge in [-0.2, -0.15) is 0 Å². The predicted molar refractivity (Wildman–Crippen MR) is 63.6 cm³/mol. The van der Waals surface area contributed by atoms with Crippen molar-refractivity contribution >= 4 is 11.8 Å². The summed E-state index contributed by atoms with van der Waals surface area (Å²) in [6.07, 6.45) is 0.942. The highest BCUT2D eigenvalue weighted by Crippen LogP contribution is 2.16. The molecule has 1 aromatic heterocycles. The van der Waals surface area contributed by atoms with Crippen LogP contribution in [0.2, 0.25) is 0 Å². The molecule has 2 rings (SSSR count). The van der Waals surface area contributed by atoms with Gasteiger partial charge in [0.15, 0.2) is 0 Å². The highest BCUT2D eigenvalue weighted by atomic mass is 16.5. The molecule has 17 heavy (non-hydrogen) atoms. The zero-order valence-corrected chi connectivity index (χ0v) is 9.85. The van der Waals surface area contributed by atoms with Gasteiger partial charge in [0, 0.05) is 25.4 Å². The van der Waals surface area contributed by atoms with Crippen molar-refractivity contribution in [2.45, 2.75) is 13.3 Å². The summed E-state index contributed by atoms with van der Waals surface area (Å²) in [5.74, 6) is -0.185. The number of hydrogen-bond donors (Lipinski definition) is 1. The standard InChI is InChI=1S/C12H16N2O3/c1-9-7-10(12(15)16)8-11(13-9)14-3-2-5-17-6-4-14/h7-8H,2-6H2,1H3,(H,15,16). The second-order valence-electron chi connectivity index (χ2n) is 4.11. The van der Waals surface area contributed by atoms with E-state index in [0.717, 1.165) is 37.6 Å². The first kappa shape index (κ1) is 11.9. The second-order valence-corrected chi connectivity index (χ2v) is 4.11. The van der Waals surface area contributed by atoms with E-state index in [2.05, 4.69) is 9.88 Å². The lowest BCUT2D eigenvalue weighted by Gasteiger charge is -2.21. The van der Waals surface area contributed by atoms with Crippen LogP contribution in [-0.4, -0.2) is 42.4 Å². The second kappa shape index (κ2) is 5.14. The van der Waals surface area contributed by atoms with E-state index in [1.807, 2.05) is 6.92 Å². The molecule has 0 aliphatic carbocycles. The lowest BCUT2D eigenvalue weighted by atomic mass is 10.2. The van der Waals surface area contributed by atoms with Crippen molar-refractivity contribution in [1.29, 1.82) is 0 Å². The lowest BCUT2D eigenvalue weighted by Crippen LogP contribution is -2.27. The zero-order chi connectivity index (χ0) is 12.3. The van der Waals surface area contributed by atoms with Crippen LogP contribution in [0.25, 0.3) is 0 Å². The number of pyridine rings is 1. The number of carboxylic acid groups (broad SMARTS) is 1. The van der Waals surface area contributed by atoms with Gasteiger partial charge in [-0.1, -0.05) is 0 Å². The number of carbonyl (C=O) groups is 1. The maximum Gasteiger partial charge on any atom is 0.335 e. The molecular weight excluding hydrogens is 220 g/mol. The third-order valence-electron chi connectivity index (χ3n) is 2.73. The van der Waals surface area contributed by atoms with Gasteiger partial charge in [-0.25, -0.2) is 9.78 Å². The molecule has 0 saturated carbocycles. The number of nitrogens with zero attached hydrogens (tertiary/aromatic N) is 2. The molecule has 5 heteroatoms. The molecule has 0 unspecified atom stereocenters. The minimum absolute atomic E-state index is 0.290. The van der Waals surface area contributed by atoms with Gasteiger partial charge in [0.25, 0.3) is 0 Å². The van der Waals surface area contributed by atoms with E-state index in [1.54, 1.807) is 12.1 Å². The molecule has 0 amide bonds. The monoisotopic (exact) mass is 236 g/mol. The largest absolute Gasteiger partial charge is 0.478 e. The van der Waals surface area contributed by atoms with Crippen molar-refractivity contribution in [3.05, 3.63) is 23.4 Å². The summed E-state index contributed by atoms with van der Waals surface area (Å²) in [6.45, 7) is 4.85. The van der Waals surface area contributed by atoms with Crippen molar-refractivity contribution in [3.8, 4) is 0 Å². The third kappa shape index (κ3) is 2.94. The van der Waals surface area contributed by atoms with Crippen LogP contribution < -0.4 is 4.90 Å². The van der Waals surface area contributed by atoms with Crippen molar-refractivity contribution in [2.24, 2.45) is 0 Å². The summed E-state index contributed by atoms with van der Waals surface area (Å²) >= 11 is 0. The van der Waals surface area contributed by atoms with Crippen LogP contribution in [0, 0.1) is 6.92 Å². The van der Waals surface area contributed by atoms with E-state index in [9.17, 15) is 4.79 Å². The fraction of sp³-hybridized carbons (Fsp3) is 0.500. The van der Waals surface area contributed by atoms with Crippen molar-refractivity contribution in [3.63, 3.8) is 0 Å². The highest BCUT2D eigenvalue weighted by molar-refractivity contribution is 5.88. The predicted octanol–water partition coefficient (Wildman–Crippen LogP) is 1.31. The Hall–Kier alpha value is -1.62. The summed E-state index contributed by atoms with van der Waals surface area (Å²) in [4.78, 5) is 17.4. The molecule has 0 aromatic carbocycles. The Morgan fingerprint density at radius 3 is 3.00 bits per heavy atom. The number of carboxylic acids is 1. The van der Waals surface area contributed by atoms with Crippen molar-refractivity contribution in [2.75, 3.05) is 31.2 Å². The Bertz CT molecular complexity index is 412. The molecule has 92 valence electrons. The summed E-state index contributed by atoms with van der Waals surface area (Å²) in [5.41, 5.74) is 1.02. The molecule has 0 radical (unpaired) electrons. The molecular formula is C12H16N2O3. The molecule has 5 nitrogen and oxygen atoms in total. The number of anilines is 1. The van der Waals surface area contributed by atoms with Crippen LogP contribution in [0.15, 0.2) is 12.1 Å². The summed E-state index contributed by atoms with van der Waals surface area (Å²) in [6, 6.07) is 3.21. The molecule has 0 spiro atoms. The maximum absolute atomic E-state index is 11.0.